The van der Waals surface area contributed by atoms with Gasteiger partial charge in [0.15, 0.2) is 0 Å². The van der Waals surface area contributed by atoms with E-state index < -0.39 is 5.54 Å². The smallest absolute Gasteiger partial charge is 0.253 e. The molecule has 3 aromatic rings. The Labute approximate surface area is 214 Å². The molecule has 8 nitrogen and oxygen atoms in total. The Balaban J connectivity index is 1.31. The highest BCUT2D eigenvalue weighted by atomic mass is 35.5. The molecule has 2 aliphatic heterocycles. The Kier molecular flexibility index (Phi) is 6.69. The molecule has 9 heteroatoms. The molecule has 2 aliphatic rings. The maximum Gasteiger partial charge on any atom is 0.253 e. The fraction of sp³-hybridized carbons (Fsp3) is 0.296. The number of halogens is 1. The molecule has 1 spiro atoms. The average Bonchev–Trinajstić information content (AvgIpc) is 3.52. The molecule has 0 aliphatic carbocycles. The Bertz CT molecular complexity index is 1220. The first-order chi connectivity index (χ1) is 17.5. The number of hydrogen-bond acceptors (Lipinski definition) is 5. The number of piperidine rings is 1. The van der Waals surface area contributed by atoms with E-state index in [-0.39, 0.29) is 30.8 Å². The zero-order valence-corrected chi connectivity index (χ0v) is 20.5. The van der Waals surface area contributed by atoms with Crippen molar-refractivity contribution < 1.29 is 18.8 Å². The van der Waals surface area contributed by atoms with Gasteiger partial charge in [-0.15, -0.1) is 0 Å². The van der Waals surface area contributed by atoms with Gasteiger partial charge in [-0.25, -0.2) is 0 Å². The molecular formula is C27H27ClN4O4. The second-order valence-electron chi connectivity index (χ2n) is 9.09. The van der Waals surface area contributed by atoms with Gasteiger partial charge in [0, 0.05) is 29.4 Å². The predicted molar refractivity (Wildman–Crippen MR) is 135 cm³/mol. The Morgan fingerprint density at radius 3 is 2.36 bits per heavy atom. The molecule has 186 valence electrons. The number of amides is 3. The highest BCUT2D eigenvalue weighted by Gasteiger charge is 2.54. The number of anilines is 1. The number of benzene rings is 2. The number of carbonyl (C=O) groups is 3. The topological polar surface area (TPSA) is 86.1 Å². The van der Waals surface area contributed by atoms with Crippen LogP contribution in [0.5, 0.6) is 0 Å². The third kappa shape index (κ3) is 4.68. The first-order valence-electron chi connectivity index (χ1n) is 11.9. The van der Waals surface area contributed by atoms with Crippen LogP contribution in [0.1, 0.15) is 29.0 Å². The largest absolute Gasteiger partial charge is 0.467 e. The fourth-order valence-corrected chi connectivity index (χ4v) is 5.13. The standard InChI is InChI=1S/C27H27ClN4O4/c28-21-10-8-20(9-11-21)25(34)30-14-12-27(13-15-30)26(35)31(19-32(27)22-5-2-1-3-6-22)18-24(33)29-17-23-7-4-16-36-23/h1-11,16H,12-15,17-19H2,(H,29,33). The van der Waals surface area contributed by atoms with Crippen LogP contribution in [0.3, 0.4) is 0 Å². The van der Waals surface area contributed by atoms with Gasteiger partial charge in [-0.2, -0.15) is 0 Å². The van der Waals surface area contributed by atoms with Crippen LogP contribution in [0.4, 0.5) is 5.69 Å². The van der Waals surface area contributed by atoms with Crippen LogP contribution in [0, 0.1) is 0 Å². The number of carbonyl (C=O) groups excluding carboxylic acids is 3. The van der Waals surface area contributed by atoms with Crippen LogP contribution in [0.2, 0.25) is 5.02 Å². The van der Waals surface area contributed by atoms with Crippen molar-refractivity contribution in [2.45, 2.75) is 24.9 Å². The summed E-state index contributed by atoms with van der Waals surface area (Å²) in [5.74, 6) is 0.238. The first kappa shape index (κ1) is 23.9. The van der Waals surface area contributed by atoms with E-state index in [1.54, 1.807) is 52.5 Å². The molecule has 0 unspecified atom stereocenters. The van der Waals surface area contributed by atoms with Crippen molar-refractivity contribution in [3.05, 3.63) is 89.3 Å². The van der Waals surface area contributed by atoms with E-state index in [4.69, 9.17) is 16.0 Å². The van der Waals surface area contributed by atoms with Crippen molar-refractivity contribution in [2.24, 2.45) is 0 Å². The summed E-state index contributed by atoms with van der Waals surface area (Å²) in [6, 6.07) is 20.1. The summed E-state index contributed by atoms with van der Waals surface area (Å²) in [4.78, 5) is 44.9. The van der Waals surface area contributed by atoms with Gasteiger partial charge in [0.2, 0.25) is 5.91 Å². The molecule has 2 fully saturated rings. The minimum atomic E-state index is -0.806. The lowest BCUT2D eigenvalue weighted by Crippen LogP contribution is -2.57. The van der Waals surface area contributed by atoms with E-state index in [1.807, 2.05) is 30.3 Å². The molecule has 0 saturated carbocycles. The summed E-state index contributed by atoms with van der Waals surface area (Å²) in [7, 11) is 0. The highest BCUT2D eigenvalue weighted by Crippen LogP contribution is 2.39. The van der Waals surface area contributed by atoms with Gasteiger partial charge in [-0.1, -0.05) is 29.8 Å². The summed E-state index contributed by atoms with van der Waals surface area (Å²) < 4.78 is 5.26. The van der Waals surface area contributed by atoms with Gasteiger partial charge in [0.1, 0.15) is 17.8 Å². The van der Waals surface area contributed by atoms with Gasteiger partial charge in [0.05, 0.1) is 19.5 Å². The highest BCUT2D eigenvalue weighted by molar-refractivity contribution is 6.30. The molecule has 1 aromatic heterocycles. The van der Waals surface area contributed by atoms with Crippen molar-refractivity contribution in [1.29, 1.82) is 0 Å². The quantitative estimate of drug-likeness (QED) is 0.553. The minimum Gasteiger partial charge on any atom is -0.467 e. The first-order valence-corrected chi connectivity index (χ1v) is 12.3. The molecule has 0 bridgehead atoms. The van der Waals surface area contributed by atoms with Crippen molar-refractivity contribution in [3.8, 4) is 0 Å². The normalized spacial score (nSPS) is 17.0. The van der Waals surface area contributed by atoms with Gasteiger partial charge in [-0.3, -0.25) is 14.4 Å². The van der Waals surface area contributed by atoms with Crippen LogP contribution in [0.15, 0.2) is 77.4 Å². The lowest BCUT2D eigenvalue weighted by Gasteiger charge is -2.43. The number of nitrogens with one attached hydrogen (secondary N) is 1. The number of nitrogens with zero attached hydrogens (tertiary/aromatic N) is 3. The Morgan fingerprint density at radius 1 is 0.972 bits per heavy atom. The monoisotopic (exact) mass is 506 g/mol. The molecule has 0 atom stereocenters. The summed E-state index contributed by atoms with van der Waals surface area (Å²) in [6.07, 6.45) is 2.51. The minimum absolute atomic E-state index is 0.0436. The van der Waals surface area contributed by atoms with Crippen LogP contribution in [-0.4, -0.2) is 59.4 Å². The van der Waals surface area contributed by atoms with E-state index in [2.05, 4.69) is 10.2 Å². The molecule has 2 saturated heterocycles. The summed E-state index contributed by atoms with van der Waals surface area (Å²) in [5, 5.41) is 3.39. The van der Waals surface area contributed by atoms with Crippen molar-refractivity contribution in [1.82, 2.24) is 15.1 Å². The zero-order chi connectivity index (χ0) is 25.1. The van der Waals surface area contributed by atoms with Gasteiger partial charge >= 0.3 is 0 Å². The molecule has 2 aromatic carbocycles. The van der Waals surface area contributed by atoms with E-state index in [1.165, 1.54) is 0 Å². The molecule has 3 heterocycles. The maximum absolute atomic E-state index is 13.8. The molecule has 3 amide bonds. The molecule has 5 rings (SSSR count). The van der Waals surface area contributed by atoms with Gasteiger partial charge in [-0.05, 0) is 61.4 Å². The van der Waals surface area contributed by atoms with Gasteiger partial charge < -0.3 is 24.4 Å². The Morgan fingerprint density at radius 2 is 1.69 bits per heavy atom. The third-order valence-corrected chi connectivity index (χ3v) is 7.18. The predicted octanol–water partition coefficient (Wildman–Crippen LogP) is 3.53. The molecule has 0 radical (unpaired) electrons. The van der Waals surface area contributed by atoms with Crippen LogP contribution in [0.25, 0.3) is 0 Å². The number of para-hydroxylation sites is 1. The summed E-state index contributed by atoms with van der Waals surface area (Å²) in [5.41, 5.74) is 0.684. The second-order valence-corrected chi connectivity index (χ2v) is 9.53. The second kappa shape index (κ2) is 10.1. The van der Waals surface area contributed by atoms with Crippen LogP contribution in [-0.2, 0) is 16.1 Å². The van der Waals surface area contributed by atoms with Crippen molar-refractivity contribution in [3.63, 3.8) is 0 Å². The van der Waals surface area contributed by atoms with Gasteiger partial charge in [0.25, 0.3) is 11.8 Å². The Hall–Kier alpha value is -3.78. The number of furan rings is 1. The van der Waals surface area contributed by atoms with Crippen LogP contribution >= 0.6 is 11.6 Å². The lowest BCUT2D eigenvalue weighted by atomic mass is 9.85. The average molecular weight is 507 g/mol. The molecule has 36 heavy (non-hydrogen) atoms. The number of likely N-dealkylation sites (tertiary alicyclic amines) is 1. The summed E-state index contributed by atoms with van der Waals surface area (Å²) in [6.45, 7) is 1.41. The zero-order valence-electron chi connectivity index (χ0n) is 19.7. The molecule has 1 N–H and O–H groups in total. The lowest BCUT2D eigenvalue weighted by molar-refractivity contribution is -0.137. The van der Waals surface area contributed by atoms with E-state index in [0.717, 1.165) is 5.69 Å². The molecular weight excluding hydrogens is 480 g/mol. The van der Waals surface area contributed by atoms with E-state index >= 15 is 0 Å². The van der Waals surface area contributed by atoms with E-state index in [0.29, 0.717) is 48.9 Å². The van der Waals surface area contributed by atoms with Crippen molar-refractivity contribution in [2.75, 3.05) is 31.2 Å². The summed E-state index contributed by atoms with van der Waals surface area (Å²) >= 11 is 5.96. The van der Waals surface area contributed by atoms with E-state index in [9.17, 15) is 14.4 Å². The number of rotatable bonds is 6. The number of hydrogen-bond donors (Lipinski definition) is 1. The SMILES string of the molecule is O=C(CN1CN(c2ccccc2)C2(CCN(C(=O)c3ccc(Cl)cc3)CC2)C1=O)NCc1ccco1. The van der Waals surface area contributed by atoms with Crippen molar-refractivity contribution >= 4 is 35.0 Å². The van der Waals surface area contributed by atoms with Crippen LogP contribution < -0.4 is 10.2 Å². The third-order valence-electron chi connectivity index (χ3n) is 6.93. The fourth-order valence-electron chi connectivity index (χ4n) is 5.01. The maximum atomic E-state index is 13.8.